The van der Waals surface area contributed by atoms with Crippen LogP contribution >= 0.6 is 15.9 Å². The first-order valence-corrected chi connectivity index (χ1v) is 6.69. The zero-order chi connectivity index (χ0) is 15.5. The van der Waals surface area contributed by atoms with Gasteiger partial charge in [0.25, 0.3) is 0 Å². The Hall–Kier alpha value is -1.73. The molecular weight excluding hydrogens is 351 g/mol. The predicted molar refractivity (Wildman–Crippen MR) is 75.2 cm³/mol. The van der Waals surface area contributed by atoms with Crippen LogP contribution in [0.25, 0.3) is 0 Å². The predicted octanol–water partition coefficient (Wildman–Crippen LogP) is 4.60. The van der Waals surface area contributed by atoms with Crippen molar-refractivity contribution in [1.82, 2.24) is 0 Å². The number of para-hydroxylation sites is 2. The first-order chi connectivity index (χ1) is 9.89. The van der Waals surface area contributed by atoms with Crippen molar-refractivity contribution in [3.8, 4) is 17.2 Å². The molecule has 7 heteroatoms. The van der Waals surface area contributed by atoms with Gasteiger partial charge in [-0.25, -0.2) is 0 Å². The highest BCUT2D eigenvalue weighted by molar-refractivity contribution is 9.10. The lowest BCUT2D eigenvalue weighted by molar-refractivity contribution is -0.275. The van der Waals surface area contributed by atoms with Crippen LogP contribution in [0.2, 0.25) is 0 Å². The van der Waals surface area contributed by atoms with Crippen molar-refractivity contribution in [1.29, 1.82) is 0 Å². The van der Waals surface area contributed by atoms with Gasteiger partial charge in [0.1, 0.15) is 5.75 Å². The standard InChI is InChI=1S/C14H11BrF3NO2/c15-10-5-6-11(9(7-10)8-19)20-12-3-1-2-4-13(12)21-14(16,17)18/h1-7H,8,19H2. The van der Waals surface area contributed by atoms with Crippen molar-refractivity contribution in [3.63, 3.8) is 0 Å². The summed E-state index contributed by atoms with van der Waals surface area (Å²) in [6.07, 6.45) is -4.78. The van der Waals surface area contributed by atoms with Gasteiger partial charge < -0.3 is 15.2 Å². The number of hydrogen-bond donors (Lipinski definition) is 1. The summed E-state index contributed by atoms with van der Waals surface area (Å²) < 4.78 is 47.3. The van der Waals surface area contributed by atoms with E-state index in [0.29, 0.717) is 11.3 Å². The molecule has 0 saturated carbocycles. The van der Waals surface area contributed by atoms with E-state index in [2.05, 4.69) is 20.7 Å². The monoisotopic (exact) mass is 361 g/mol. The molecule has 2 aromatic carbocycles. The van der Waals surface area contributed by atoms with Crippen LogP contribution in [-0.2, 0) is 6.54 Å². The van der Waals surface area contributed by atoms with E-state index < -0.39 is 12.1 Å². The number of rotatable bonds is 4. The second-order valence-electron chi connectivity index (χ2n) is 4.05. The minimum atomic E-state index is -4.78. The molecule has 0 saturated heterocycles. The molecule has 0 unspecified atom stereocenters. The number of hydrogen-bond acceptors (Lipinski definition) is 3. The molecule has 0 fully saturated rings. The highest BCUT2D eigenvalue weighted by Crippen LogP contribution is 2.36. The van der Waals surface area contributed by atoms with Crippen molar-refractivity contribution in [2.45, 2.75) is 12.9 Å². The van der Waals surface area contributed by atoms with Gasteiger partial charge in [0.05, 0.1) is 0 Å². The van der Waals surface area contributed by atoms with E-state index in [1.807, 2.05) is 0 Å². The average Bonchev–Trinajstić information content (AvgIpc) is 2.41. The van der Waals surface area contributed by atoms with Crippen LogP contribution in [0.1, 0.15) is 5.56 Å². The highest BCUT2D eigenvalue weighted by Gasteiger charge is 2.32. The van der Waals surface area contributed by atoms with Crippen LogP contribution in [0.15, 0.2) is 46.9 Å². The number of halogens is 4. The van der Waals surface area contributed by atoms with Gasteiger partial charge in [-0.05, 0) is 30.3 Å². The lowest BCUT2D eigenvalue weighted by Crippen LogP contribution is -2.17. The maximum Gasteiger partial charge on any atom is 0.573 e. The first kappa shape index (κ1) is 15.7. The van der Waals surface area contributed by atoms with Crippen molar-refractivity contribution in [2.24, 2.45) is 5.73 Å². The maximum absolute atomic E-state index is 12.4. The van der Waals surface area contributed by atoms with Crippen molar-refractivity contribution in [2.75, 3.05) is 0 Å². The van der Waals surface area contributed by atoms with Gasteiger partial charge in [-0.15, -0.1) is 13.2 Å². The Labute approximate surface area is 127 Å². The van der Waals surface area contributed by atoms with E-state index in [4.69, 9.17) is 10.5 Å². The molecule has 2 aromatic rings. The molecular formula is C14H11BrF3NO2. The Morgan fingerprint density at radius 3 is 2.29 bits per heavy atom. The SMILES string of the molecule is NCc1cc(Br)ccc1Oc1ccccc1OC(F)(F)F. The van der Waals surface area contributed by atoms with Gasteiger partial charge in [-0.3, -0.25) is 0 Å². The topological polar surface area (TPSA) is 44.5 Å². The largest absolute Gasteiger partial charge is 0.573 e. The molecule has 0 spiro atoms. The highest BCUT2D eigenvalue weighted by atomic mass is 79.9. The summed E-state index contributed by atoms with van der Waals surface area (Å²) in [5.41, 5.74) is 6.26. The molecule has 0 atom stereocenters. The maximum atomic E-state index is 12.4. The van der Waals surface area contributed by atoms with Crippen LogP contribution in [0.3, 0.4) is 0 Å². The Morgan fingerprint density at radius 1 is 1.00 bits per heavy atom. The van der Waals surface area contributed by atoms with Gasteiger partial charge in [0, 0.05) is 16.6 Å². The van der Waals surface area contributed by atoms with Crippen molar-refractivity contribution < 1.29 is 22.6 Å². The minimum absolute atomic E-state index is 0.0353. The number of ether oxygens (including phenoxy) is 2. The summed E-state index contributed by atoms with van der Waals surface area (Å²) in [7, 11) is 0. The van der Waals surface area contributed by atoms with Crippen LogP contribution in [0.4, 0.5) is 13.2 Å². The van der Waals surface area contributed by atoms with E-state index in [9.17, 15) is 13.2 Å². The van der Waals surface area contributed by atoms with Crippen molar-refractivity contribution >= 4 is 15.9 Å². The van der Waals surface area contributed by atoms with Crippen molar-refractivity contribution in [3.05, 3.63) is 52.5 Å². The second kappa shape index (κ2) is 6.36. The minimum Gasteiger partial charge on any atom is -0.453 e. The Bertz CT molecular complexity index is 632. The fourth-order valence-corrected chi connectivity index (χ4v) is 2.08. The van der Waals surface area contributed by atoms with Crippen LogP contribution in [0, 0.1) is 0 Å². The molecule has 2 N–H and O–H groups in total. The Kier molecular flexibility index (Phi) is 4.74. The zero-order valence-electron chi connectivity index (χ0n) is 10.7. The Balaban J connectivity index is 2.32. The summed E-state index contributed by atoms with van der Waals surface area (Å²) in [5.74, 6) is -0.0679. The summed E-state index contributed by atoms with van der Waals surface area (Å²) >= 11 is 3.29. The van der Waals surface area contributed by atoms with Gasteiger partial charge in [0.2, 0.25) is 0 Å². The van der Waals surface area contributed by atoms with E-state index in [1.165, 1.54) is 18.2 Å². The molecule has 21 heavy (non-hydrogen) atoms. The average molecular weight is 362 g/mol. The Morgan fingerprint density at radius 2 is 1.67 bits per heavy atom. The molecule has 0 aliphatic heterocycles. The summed E-state index contributed by atoms with van der Waals surface area (Å²) in [5, 5.41) is 0. The molecule has 2 rings (SSSR count). The number of nitrogens with two attached hydrogens (primary N) is 1. The zero-order valence-corrected chi connectivity index (χ0v) is 12.2. The lowest BCUT2D eigenvalue weighted by atomic mass is 10.2. The molecule has 0 aliphatic carbocycles. The summed E-state index contributed by atoms with van der Waals surface area (Å²) in [6, 6.07) is 10.6. The van der Waals surface area contributed by atoms with E-state index in [1.54, 1.807) is 24.3 Å². The van der Waals surface area contributed by atoms with Crippen LogP contribution in [0.5, 0.6) is 17.2 Å². The molecule has 0 aromatic heterocycles. The third kappa shape index (κ3) is 4.37. The lowest BCUT2D eigenvalue weighted by Gasteiger charge is -2.15. The molecule has 3 nitrogen and oxygen atoms in total. The van der Waals surface area contributed by atoms with Gasteiger partial charge in [-0.1, -0.05) is 28.1 Å². The summed E-state index contributed by atoms with van der Waals surface area (Å²) in [4.78, 5) is 0. The fraction of sp³-hybridized carbons (Fsp3) is 0.143. The third-order valence-corrected chi connectivity index (χ3v) is 3.03. The van der Waals surface area contributed by atoms with E-state index in [0.717, 1.165) is 4.47 Å². The smallest absolute Gasteiger partial charge is 0.453 e. The number of alkyl halides is 3. The fourth-order valence-electron chi connectivity index (χ4n) is 1.67. The van der Waals surface area contributed by atoms with E-state index >= 15 is 0 Å². The van der Waals surface area contributed by atoms with Crippen LogP contribution in [-0.4, -0.2) is 6.36 Å². The quantitative estimate of drug-likeness (QED) is 0.865. The van der Waals surface area contributed by atoms with Gasteiger partial charge in [-0.2, -0.15) is 0 Å². The third-order valence-electron chi connectivity index (χ3n) is 2.54. The normalized spacial score (nSPS) is 11.3. The molecule has 0 aliphatic rings. The van der Waals surface area contributed by atoms with E-state index in [-0.39, 0.29) is 12.3 Å². The number of benzene rings is 2. The molecule has 0 bridgehead atoms. The van der Waals surface area contributed by atoms with Crippen LogP contribution < -0.4 is 15.2 Å². The van der Waals surface area contributed by atoms with Gasteiger partial charge >= 0.3 is 6.36 Å². The molecule has 0 radical (unpaired) electrons. The first-order valence-electron chi connectivity index (χ1n) is 5.90. The second-order valence-corrected chi connectivity index (χ2v) is 4.97. The molecule has 0 heterocycles. The molecule has 112 valence electrons. The van der Waals surface area contributed by atoms with Gasteiger partial charge in [0.15, 0.2) is 11.5 Å². The summed E-state index contributed by atoms with van der Waals surface area (Å²) in [6.45, 7) is 0.192. The molecule has 0 amide bonds.